The fraction of sp³-hybridized carbons (Fsp3) is 0.500. The van der Waals surface area contributed by atoms with Gasteiger partial charge in [0.2, 0.25) is 5.91 Å². The molecule has 0 aliphatic heterocycles. The van der Waals surface area contributed by atoms with Gasteiger partial charge < -0.3 is 14.5 Å². The molecular formula is C20H25N3O5S. The molecule has 0 spiro atoms. The van der Waals surface area contributed by atoms with Crippen LogP contribution in [-0.4, -0.2) is 34.9 Å². The summed E-state index contributed by atoms with van der Waals surface area (Å²) in [6.07, 6.45) is 5.44. The summed E-state index contributed by atoms with van der Waals surface area (Å²) in [6.45, 7) is 3.74. The number of aryl methyl sites for hydroxylation is 1. The maximum absolute atomic E-state index is 12.6. The number of amides is 2. The van der Waals surface area contributed by atoms with Gasteiger partial charge in [-0.15, -0.1) is 11.3 Å². The number of furan rings is 1. The molecule has 1 fully saturated rings. The Morgan fingerprint density at radius 3 is 2.69 bits per heavy atom. The van der Waals surface area contributed by atoms with Gasteiger partial charge >= 0.3 is 5.97 Å². The SMILES string of the molecule is CCOC(=O)C1(NC(=O)Cc2csc(NC(=O)c3ccoc3C)n2)CCCCC1. The van der Waals surface area contributed by atoms with E-state index in [-0.39, 0.29) is 30.8 Å². The molecule has 0 radical (unpaired) electrons. The van der Waals surface area contributed by atoms with Crippen molar-refractivity contribution in [3.05, 3.63) is 34.7 Å². The first kappa shape index (κ1) is 21.0. The summed E-state index contributed by atoms with van der Waals surface area (Å²) in [5.74, 6) is -0.441. The Morgan fingerprint density at radius 2 is 2.03 bits per heavy atom. The molecule has 0 bridgehead atoms. The van der Waals surface area contributed by atoms with Crippen molar-refractivity contribution < 1.29 is 23.5 Å². The zero-order valence-corrected chi connectivity index (χ0v) is 17.4. The minimum Gasteiger partial charge on any atom is -0.469 e. The summed E-state index contributed by atoms with van der Waals surface area (Å²) >= 11 is 1.24. The lowest BCUT2D eigenvalue weighted by atomic mass is 9.81. The fourth-order valence-electron chi connectivity index (χ4n) is 3.51. The van der Waals surface area contributed by atoms with Crippen molar-refractivity contribution >= 4 is 34.3 Å². The van der Waals surface area contributed by atoms with Crippen LogP contribution in [0.15, 0.2) is 22.1 Å². The number of hydrogen-bond acceptors (Lipinski definition) is 7. The van der Waals surface area contributed by atoms with Gasteiger partial charge in [-0.3, -0.25) is 14.9 Å². The maximum Gasteiger partial charge on any atom is 0.331 e. The van der Waals surface area contributed by atoms with Crippen molar-refractivity contribution in [1.82, 2.24) is 10.3 Å². The molecule has 2 heterocycles. The number of anilines is 1. The highest BCUT2D eigenvalue weighted by molar-refractivity contribution is 7.14. The van der Waals surface area contributed by atoms with E-state index >= 15 is 0 Å². The lowest BCUT2D eigenvalue weighted by molar-refractivity contribution is -0.155. The number of carbonyl (C=O) groups excluding carboxylic acids is 3. The van der Waals surface area contributed by atoms with E-state index in [9.17, 15) is 14.4 Å². The van der Waals surface area contributed by atoms with Crippen LogP contribution in [0, 0.1) is 6.92 Å². The van der Waals surface area contributed by atoms with Crippen LogP contribution in [0.1, 0.15) is 60.8 Å². The lowest BCUT2D eigenvalue weighted by Gasteiger charge is -2.35. The quantitative estimate of drug-likeness (QED) is 0.667. The predicted octanol–water partition coefficient (Wildman–Crippen LogP) is 3.22. The Morgan fingerprint density at radius 1 is 1.28 bits per heavy atom. The highest BCUT2D eigenvalue weighted by atomic mass is 32.1. The lowest BCUT2D eigenvalue weighted by Crippen LogP contribution is -2.56. The number of nitrogens with one attached hydrogen (secondary N) is 2. The minimum absolute atomic E-state index is 0.0261. The van der Waals surface area contributed by atoms with Crippen molar-refractivity contribution in [2.24, 2.45) is 0 Å². The van der Waals surface area contributed by atoms with Crippen LogP contribution >= 0.6 is 11.3 Å². The van der Waals surface area contributed by atoms with Crippen molar-refractivity contribution in [3.8, 4) is 0 Å². The summed E-state index contributed by atoms with van der Waals surface area (Å²) in [5, 5.41) is 7.72. The monoisotopic (exact) mass is 419 g/mol. The predicted molar refractivity (Wildman–Crippen MR) is 108 cm³/mol. The Balaban J connectivity index is 1.61. The molecule has 0 saturated heterocycles. The molecule has 2 N–H and O–H groups in total. The Labute approximate surface area is 173 Å². The molecule has 8 nitrogen and oxygen atoms in total. The molecule has 1 aliphatic carbocycles. The number of thiazole rings is 1. The largest absolute Gasteiger partial charge is 0.469 e. The number of rotatable bonds is 7. The number of ether oxygens (including phenoxy) is 1. The third-order valence-electron chi connectivity index (χ3n) is 4.97. The third-order valence-corrected chi connectivity index (χ3v) is 5.78. The molecule has 2 aromatic heterocycles. The standard InChI is InChI=1S/C20H25N3O5S/c1-3-27-18(26)20(8-5-4-6-9-20)23-16(24)11-14-12-29-19(21-14)22-17(25)15-7-10-28-13(15)2/h7,10,12H,3-6,8-9,11H2,1-2H3,(H,23,24)(H,21,22,25). The van der Waals surface area contributed by atoms with Gasteiger partial charge in [0.15, 0.2) is 5.13 Å². The fourth-order valence-corrected chi connectivity index (χ4v) is 4.22. The Kier molecular flexibility index (Phi) is 6.68. The molecule has 156 valence electrons. The summed E-state index contributed by atoms with van der Waals surface area (Å²) in [7, 11) is 0. The van der Waals surface area contributed by atoms with E-state index in [1.807, 2.05) is 0 Å². The van der Waals surface area contributed by atoms with Crippen LogP contribution in [0.3, 0.4) is 0 Å². The second-order valence-electron chi connectivity index (χ2n) is 7.08. The van der Waals surface area contributed by atoms with E-state index in [1.165, 1.54) is 17.6 Å². The maximum atomic E-state index is 12.6. The molecule has 3 rings (SSSR count). The second-order valence-corrected chi connectivity index (χ2v) is 7.93. The molecule has 0 unspecified atom stereocenters. The summed E-state index contributed by atoms with van der Waals surface area (Å²) in [4.78, 5) is 41.6. The Hall–Kier alpha value is -2.68. The van der Waals surface area contributed by atoms with Gasteiger partial charge in [0.25, 0.3) is 5.91 Å². The zero-order valence-electron chi connectivity index (χ0n) is 16.6. The van der Waals surface area contributed by atoms with Crippen molar-refractivity contribution in [3.63, 3.8) is 0 Å². The van der Waals surface area contributed by atoms with E-state index < -0.39 is 5.54 Å². The van der Waals surface area contributed by atoms with Gasteiger partial charge in [0.1, 0.15) is 11.3 Å². The minimum atomic E-state index is -0.947. The summed E-state index contributed by atoms with van der Waals surface area (Å²) in [6, 6.07) is 1.59. The van der Waals surface area contributed by atoms with Crippen molar-refractivity contribution in [2.75, 3.05) is 11.9 Å². The molecule has 29 heavy (non-hydrogen) atoms. The van der Waals surface area contributed by atoms with Crippen LogP contribution in [0.25, 0.3) is 0 Å². The summed E-state index contributed by atoms with van der Waals surface area (Å²) < 4.78 is 10.3. The van der Waals surface area contributed by atoms with E-state index in [1.54, 1.807) is 25.3 Å². The van der Waals surface area contributed by atoms with Crippen LogP contribution in [0.5, 0.6) is 0 Å². The zero-order chi connectivity index (χ0) is 20.9. The number of carbonyl (C=O) groups is 3. The van der Waals surface area contributed by atoms with Crippen LogP contribution in [0.4, 0.5) is 5.13 Å². The van der Waals surface area contributed by atoms with Gasteiger partial charge in [-0.25, -0.2) is 9.78 Å². The van der Waals surface area contributed by atoms with Gasteiger partial charge in [0.05, 0.1) is 30.5 Å². The van der Waals surface area contributed by atoms with Crippen LogP contribution in [0.2, 0.25) is 0 Å². The molecule has 9 heteroatoms. The first-order valence-electron chi connectivity index (χ1n) is 9.71. The first-order chi connectivity index (χ1) is 13.9. The topological polar surface area (TPSA) is 111 Å². The van der Waals surface area contributed by atoms with Crippen molar-refractivity contribution in [1.29, 1.82) is 0 Å². The molecular weight excluding hydrogens is 394 g/mol. The number of aromatic nitrogens is 1. The van der Waals surface area contributed by atoms with Crippen molar-refractivity contribution in [2.45, 2.75) is 57.9 Å². The molecule has 1 aliphatic rings. The van der Waals surface area contributed by atoms with Gasteiger partial charge in [0, 0.05) is 5.38 Å². The third kappa shape index (κ3) is 5.03. The number of esters is 1. The molecule has 1 saturated carbocycles. The van der Waals surface area contributed by atoms with Crippen LogP contribution in [-0.2, 0) is 20.7 Å². The molecule has 2 aromatic rings. The van der Waals surface area contributed by atoms with Crippen LogP contribution < -0.4 is 10.6 Å². The van der Waals surface area contributed by atoms with E-state index in [0.29, 0.717) is 35.0 Å². The highest BCUT2D eigenvalue weighted by Gasteiger charge is 2.42. The highest BCUT2D eigenvalue weighted by Crippen LogP contribution is 2.30. The van der Waals surface area contributed by atoms with Gasteiger partial charge in [-0.05, 0) is 32.8 Å². The summed E-state index contributed by atoms with van der Waals surface area (Å²) in [5.41, 5.74) is 0.0201. The van der Waals surface area contributed by atoms with Gasteiger partial charge in [-0.1, -0.05) is 19.3 Å². The first-order valence-corrected chi connectivity index (χ1v) is 10.6. The number of nitrogens with zero attached hydrogens (tertiary/aromatic N) is 1. The smallest absolute Gasteiger partial charge is 0.331 e. The van der Waals surface area contributed by atoms with E-state index in [0.717, 1.165) is 19.3 Å². The molecule has 0 atom stereocenters. The van der Waals surface area contributed by atoms with E-state index in [4.69, 9.17) is 9.15 Å². The normalized spacial score (nSPS) is 15.5. The second kappa shape index (κ2) is 9.21. The molecule has 2 amide bonds. The average molecular weight is 420 g/mol. The number of hydrogen-bond donors (Lipinski definition) is 2. The Bertz CT molecular complexity index is 882. The molecule has 0 aromatic carbocycles. The van der Waals surface area contributed by atoms with Gasteiger partial charge in [-0.2, -0.15) is 0 Å². The van der Waals surface area contributed by atoms with E-state index in [2.05, 4.69) is 15.6 Å². The average Bonchev–Trinajstić information content (AvgIpc) is 3.31.